The van der Waals surface area contributed by atoms with Gasteiger partial charge in [0.2, 0.25) is 0 Å². The van der Waals surface area contributed by atoms with E-state index in [0.29, 0.717) is 35.1 Å². The highest BCUT2D eigenvalue weighted by Crippen LogP contribution is 2.25. The molecule has 3 rings (SSSR count). The highest BCUT2D eigenvalue weighted by Gasteiger charge is 2.13. The summed E-state index contributed by atoms with van der Waals surface area (Å²) in [6.07, 6.45) is 1.54. The van der Waals surface area contributed by atoms with Gasteiger partial charge in [-0.1, -0.05) is 66.5 Å². The van der Waals surface area contributed by atoms with Crippen LogP contribution in [0, 0.1) is 0 Å². The SMILES string of the molecule is CC(C)(C)c1ccc(OCCOc2ccc(Br)cc2C=NNC(=O)c2cccc(Cl)c2)cc1. The second-order valence-corrected chi connectivity index (χ2v) is 9.72. The molecule has 0 saturated heterocycles. The van der Waals surface area contributed by atoms with Gasteiger partial charge in [-0.15, -0.1) is 0 Å². The maximum atomic E-state index is 12.2. The van der Waals surface area contributed by atoms with E-state index in [1.807, 2.05) is 30.3 Å². The standard InChI is InChI=1S/C26H26BrClN2O3/c1-26(2,3)20-7-10-23(11-8-20)32-13-14-33-24-12-9-21(27)15-19(24)17-29-30-25(31)18-5-4-6-22(28)16-18/h4-12,15-17H,13-14H2,1-3H3,(H,30,31). The van der Waals surface area contributed by atoms with Crippen molar-refractivity contribution in [1.29, 1.82) is 0 Å². The fraction of sp³-hybridized carbons (Fsp3) is 0.231. The zero-order chi connectivity index (χ0) is 23.8. The van der Waals surface area contributed by atoms with Crippen LogP contribution in [0.25, 0.3) is 0 Å². The molecule has 0 spiro atoms. The number of hydrogen-bond acceptors (Lipinski definition) is 4. The minimum Gasteiger partial charge on any atom is -0.490 e. The van der Waals surface area contributed by atoms with Crippen LogP contribution in [-0.2, 0) is 5.41 Å². The van der Waals surface area contributed by atoms with Gasteiger partial charge in [0.1, 0.15) is 24.7 Å². The summed E-state index contributed by atoms with van der Waals surface area (Å²) in [7, 11) is 0. The Morgan fingerprint density at radius 2 is 1.76 bits per heavy atom. The summed E-state index contributed by atoms with van der Waals surface area (Å²) in [6.45, 7) is 7.29. The fourth-order valence-corrected chi connectivity index (χ4v) is 3.54. The summed E-state index contributed by atoms with van der Waals surface area (Å²) < 4.78 is 12.5. The number of amides is 1. The van der Waals surface area contributed by atoms with Gasteiger partial charge in [-0.05, 0) is 59.5 Å². The summed E-state index contributed by atoms with van der Waals surface area (Å²) in [5, 5.41) is 4.54. The Kier molecular flexibility index (Phi) is 8.53. The van der Waals surface area contributed by atoms with Crippen LogP contribution >= 0.6 is 27.5 Å². The van der Waals surface area contributed by atoms with Gasteiger partial charge in [0.15, 0.2) is 0 Å². The topological polar surface area (TPSA) is 59.9 Å². The third-order valence-corrected chi connectivity index (χ3v) is 5.49. The first-order valence-electron chi connectivity index (χ1n) is 10.5. The minimum atomic E-state index is -0.350. The number of benzene rings is 3. The second kappa shape index (κ2) is 11.3. The van der Waals surface area contributed by atoms with E-state index in [-0.39, 0.29) is 11.3 Å². The molecule has 5 nitrogen and oxygen atoms in total. The van der Waals surface area contributed by atoms with Crippen molar-refractivity contribution in [2.75, 3.05) is 13.2 Å². The number of carbonyl (C=O) groups is 1. The summed E-state index contributed by atoms with van der Waals surface area (Å²) >= 11 is 9.38. The van der Waals surface area contributed by atoms with E-state index < -0.39 is 0 Å². The van der Waals surface area contributed by atoms with E-state index >= 15 is 0 Å². The van der Waals surface area contributed by atoms with Crippen molar-refractivity contribution in [1.82, 2.24) is 5.43 Å². The molecule has 172 valence electrons. The molecule has 1 amide bonds. The van der Waals surface area contributed by atoms with Gasteiger partial charge in [-0.3, -0.25) is 4.79 Å². The molecule has 0 saturated carbocycles. The average Bonchev–Trinajstić information content (AvgIpc) is 2.77. The molecule has 3 aromatic carbocycles. The first kappa shape index (κ1) is 24.8. The van der Waals surface area contributed by atoms with E-state index in [4.69, 9.17) is 21.1 Å². The van der Waals surface area contributed by atoms with Crippen LogP contribution in [0.5, 0.6) is 11.5 Å². The van der Waals surface area contributed by atoms with Crippen LogP contribution in [0.15, 0.2) is 76.3 Å². The van der Waals surface area contributed by atoms with E-state index in [1.54, 1.807) is 24.3 Å². The number of nitrogens with zero attached hydrogens (tertiary/aromatic N) is 1. The van der Waals surface area contributed by atoms with Gasteiger partial charge in [0, 0.05) is 20.6 Å². The van der Waals surface area contributed by atoms with Gasteiger partial charge in [0.25, 0.3) is 5.91 Å². The number of ether oxygens (including phenoxy) is 2. The Morgan fingerprint density at radius 1 is 1.03 bits per heavy atom. The van der Waals surface area contributed by atoms with Gasteiger partial charge >= 0.3 is 0 Å². The predicted octanol–water partition coefficient (Wildman–Crippen LogP) is 6.62. The van der Waals surface area contributed by atoms with Crippen molar-refractivity contribution < 1.29 is 14.3 Å². The Morgan fingerprint density at radius 3 is 2.45 bits per heavy atom. The number of hydrogen-bond donors (Lipinski definition) is 1. The van der Waals surface area contributed by atoms with Crippen LogP contribution in [-0.4, -0.2) is 25.3 Å². The van der Waals surface area contributed by atoms with Crippen LogP contribution in [0.3, 0.4) is 0 Å². The third-order valence-electron chi connectivity index (χ3n) is 4.76. The molecule has 0 aliphatic heterocycles. The lowest BCUT2D eigenvalue weighted by Crippen LogP contribution is -2.17. The smallest absolute Gasteiger partial charge is 0.271 e. The molecule has 0 aliphatic carbocycles. The van der Waals surface area contributed by atoms with Gasteiger partial charge in [-0.25, -0.2) is 5.43 Å². The maximum Gasteiger partial charge on any atom is 0.271 e. The van der Waals surface area contributed by atoms with Gasteiger partial charge in [-0.2, -0.15) is 5.10 Å². The van der Waals surface area contributed by atoms with E-state index in [1.165, 1.54) is 11.8 Å². The largest absolute Gasteiger partial charge is 0.490 e. The van der Waals surface area contributed by atoms with E-state index in [0.717, 1.165) is 10.2 Å². The zero-order valence-electron chi connectivity index (χ0n) is 18.8. The fourth-order valence-electron chi connectivity index (χ4n) is 2.97. The lowest BCUT2D eigenvalue weighted by Gasteiger charge is -2.19. The lowest BCUT2D eigenvalue weighted by atomic mass is 9.87. The first-order valence-corrected chi connectivity index (χ1v) is 11.6. The maximum absolute atomic E-state index is 12.2. The monoisotopic (exact) mass is 528 g/mol. The molecular weight excluding hydrogens is 504 g/mol. The molecular formula is C26H26BrClN2O3. The number of carbonyl (C=O) groups excluding carboxylic acids is 1. The molecule has 0 heterocycles. The van der Waals surface area contributed by atoms with Crippen molar-refractivity contribution in [2.24, 2.45) is 5.10 Å². The molecule has 0 radical (unpaired) electrons. The number of nitrogens with one attached hydrogen (secondary N) is 1. The zero-order valence-corrected chi connectivity index (χ0v) is 21.1. The Hall–Kier alpha value is -2.83. The quantitative estimate of drug-likeness (QED) is 0.203. The first-order chi connectivity index (χ1) is 15.7. The number of hydrazone groups is 1. The summed E-state index contributed by atoms with van der Waals surface area (Å²) in [5.74, 6) is 1.08. The third kappa shape index (κ3) is 7.62. The number of rotatable bonds is 8. The molecule has 3 aromatic rings. The normalized spacial score (nSPS) is 11.4. The highest BCUT2D eigenvalue weighted by atomic mass is 79.9. The second-order valence-electron chi connectivity index (χ2n) is 8.36. The molecule has 1 N–H and O–H groups in total. The van der Waals surface area contributed by atoms with Crippen LogP contribution in [0.4, 0.5) is 0 Å². The van der Waals surface area contributed by atoms with Crippen molar-refractivity contribution in [2.45, 2.75) is 26.2 Å². The molecule has 0 aromatic heterocycles. The molecule has 7 heteroatoms. The highest BCUT2D eigenvalue weighted by molar-refractivity contribution is 9.10. The Labute approximate surface area is 207 Å². The van der Waals surface area contributed by atoms with Crippen molar-refractivity contribution in [3.05, 3.63) is 92.9 Å². The van der Waals surface area contributed by atoms with E-state index in [2.05, 4.69) is 59.4 Å². The molecule has 0 atom stereocenters. The predicted molar refractivity (Wildman–Crippen MR) is 137 cm³/mol. The number of halogens is 2. The average molecular weight is 530 g/mol. The van der Waals surface area contributed by atoms with Crippen LogP contribution in [0.1, 0.15) is 42.3 Å². The molecule has 33 heavy (non-hydrogen) atoms. The molecule has 0 fully saturated rings. The summed E-state index contributed by atoms with van der Waals surface area (Å²) in [5.41, 5.74) is 5.01. The van der Waals surface area contributed by atoms with Crippen molar-refractivity contribution in [3.63, 3.8) is 0 Å². The summed E-state index contributed by atoms with van der Waals surface area (Å²) in [4.78, 5) is 12.2. The van der Waals surface area contributed by atoms with E-state index in [9.17, 15) is 4.79 Å². The van der Waals surface area contributed by atoms with Crippen molar-refractivity contribution >= 4 is 39.7 Å². The summed E-state index contributed by atoms with van der Waals surface area (Å²) in [6, 6.07) is 20.3. The molecule has 0 aliphatic rings. The lowest BCUT2D eigenvalue weighted by molar-refractivity contribution is 0.0955. The molecule has 0 unspecified atom stereocenters. The van der Waals surface area contributed by atoms with Crippen molar-refractivity contribution in [3.8, 4) is 11.5 Å². The molecule has 0 bridgehead atoms. The minimum absolute atomic E-state index is 0.106. The van der Waals surface area contributed by atoms with Gasteiger partial charge in [0.05, 0.1) is 6.21 Å². The Balaban J connectivity index is 1.55. The van der Waals surface area contributed by atoms with Gasteiger partial charge < -0.3 is 9.47 Å². The Bertz CT molecular complexity index is 1130. The van der Waals surface area contributed by atoms with Crippen LogP contribution in [0.2, 0.25) is 5.02 Å². The van der Waals surface area contributed by atoms with Crippen LogP contribution < -0.4 is 14.9 Å².